The SMILES string of the molecule is NCCC(=O)NCC1CCCCN1C(=O)c1cc(F)cc(Br)c1. The zero-order chi connectivity index (χ0) is 16.8. The summed E-state index contributed by atoms with van der Waals surface area (Å²) in [4.78, 5) is 26.0. The van der Waals surface area contributed by atoms with Gasteiger partial charge in [-0.05, 0) is 37.5 Å². The highest BCUT2D eigenvalue weighted by molar-refractivity contribution is 9.10. The van der Waals surface area contributed by atoms with E-state index in [-0.39, 0.29) is 24.3 Å². The fourth-order valence-electron chi connectivity index (χ4n) is 2.77. The molecule has 0 spiro atoms. The number of benzene rings is 1. The monoisotopic (exact) mass is 385 g/mol. The van der Waals surface area contributed by atoms with Gasteiger partial charge in [0, 0.05) is 42.1 Å². The van der Waals surface area contributed by atoms with Crippen LogP contribution >= 0.6 is 15.9 Å². The molecule has 2 amide bonds. The second-order valence-electron chi connectivity index (χ2n) is 5.65. The number of rotatable bonds is 5. The van der Waals surface area contributed by atoms with Crippen molar-refractivity contribution in [1.82, 2.24) is 10.2 Å². The van der Waals surface area contributed by atoms with Gasteiger partial charge in [0.15, 0.2) is 0 Å². The number of halogens is 2. The van der Waals surface area contributed by atoms with Gasteiger partial charge < -0.3 is 16.0 Å². The average molecular weight is 386 g/mol. The average Bonchev–Trinajstić information content (AvgIpc) is 2.52. The Morgan fingerprint density at radius 2 is 2.13 bits per heavy atom. The van der Waals surface area contributed by atoms with Crippen molar-refractivity contribution >= 4 is 27.7 Å². The van der Waals surface area contributed by atoms with Crippen LogP contribution in [0.5, 0.6) is 0 Å². The summed E-state index contributed by atoms with van der Waals surface area (Å²) >= 11 is 3.21. The van der Waals surface area contributed by atoms with Crippen LogP contribution in [0.1, 0.15) is 36.0 Å². The first-order chi connectivity index (χ1) is 11.0. The predicted molar refractivity (Wildman–Crippen MR) is 89.5 cm³/mol. The van der Waals surface area contributed by atoms with E-state index in [4.69, 9.17) is 5.73 Å². The van der Waals surface area contributed by atoms with E-state index < -0.39 is 5.82 Å². The molecular weight excluding hydrogens is 365 g/mol. The molecule has 126 valence electrons. The fourth-order valence-corrected chi connectivity index (χ4v) is 3.24. The number of piperidine rings is 1. The second-order valence-corrected chi connectivity index (χ2v) is 6.56. The highest BCUT2D eigenvalue weighted by Crippen LogP contribution is 2.22. The van der Waals surface area contributed by atoms with Gasteiger partial charge in [-0.15, -0.1) is 0 Å². The number of amides is 2. The third-order valence-electron chi connectivity index (χ3n) is 3.90. The fraction of sp³-hybridized carbons (Fsp3) is 0.500. The summed E-state index contributed by atoms with van der Waals surface area (Å²) in [5.41, 5.74) is 5.67. The van der Waals surface area contributed by atoms with Crippen molar-refractivity contribution in [2.24, 2.45) is 5.73 Å². The zero-order valence-corrected chi connectivity index (χ0v) is 14.4. The molecule has 1 fully saturated rings. The van der Waals surface area contributed by atoms with Crippen molar-refractivity contribution in [3.63, 3.8) is 0 Å². The van der Waals surface area contributed by atoms with Gasteiger partial charge >= 0.3 is 0 Å². The van der Waals surface area contributed by atoms with E-state index in [0.717, 1.165) is 19.3 Å². The van der Waals surface area contributed by atoms with E-state index in [1.165, 1.54) is 12.1 Å². The Morgan fingerprint density at radius 1 is 1.35 bits per heavy atom. The topological polar surface area (TPSA) is 75.4 Å². The van der Waals surface area contributed by atoms with Gasteiger partial charge in [-0.1, -0.05) is 15.9 Å². The minimum absolute atomic E-state index is 0.0694. The molecule has 1 heterocycles. The lowest BCUT2D eigenvalue weighted by atomic mass is 10.0. The Balaban J connectivity index is 2.07. The van der Waals surface area contributed by atoms with E-state index in [2.05, 4.69) is 21.2 Å². The quantitative estimate of drug-likeness (QED) is 0.814. The maximum atomic E-state index is 13.5. The smallest absolute Gasteiger partial charge is 0.254 e. The summed E-state index contributed by atoms with van der Waals surface area (Å²) < 4.78 is 14.1. The van der Waals surface area contributed by atoms with Crippen molar-refractivity contribution in [1.29, 1.82) is 0 Å². The summed E-state index contributed by atoms with van der Waals surface area (Å²) in [6, 6.07) is 4.10. The molecule has 23 heavy (non-hydrogen) atoms. The first kappa shape index (κ1) is 17.9. The number of carbonyl (C=O) groups is 2. The van der Waals surface area contributed by atoms with Crippen LogP contribution in [0.3, 0.4) is 0 Å². The number of hydrogen-bond acceptors (Lipinski definition) is 3. The maximum Gasteiger partial charge on any atom is 0.254 e. The highest BCUT2D eigenvalue weighted by Gasteiger charge is 2.28. The lowest BCUT2D eigenvalue weighted by Gasteiger charge is -2.36. The molecule has 0 bridgehead atoms. The van der Waals surface area contributed by atoms with Crippen LogP contribution in [0.25, 0.3) is 0 Å². The summed E-state index contributed by atoms with van der Waals surface area (Å²) in [5, 5.41) is 2.82. The molecule has 0 saturated carbocycles. The molecule has 1 unspecified atom stereocenters. The molecule has 1 saturated heterocycles. The Kier molecular flexibility index (Phi) is 6.53. The zero-order valence-electron chi connectivity index (χ0n) is 12.9. The van der Waals surface area contributed by atoms with Crippen LogP contribution < -0.4 is 11.1 Å². The third-order valence-corrected chi connectivity index (χ3v) is 4.36. The van der Waals surface area contributed by atoms with Crippen LogP contribution in [0, 0.1) is 5.82 Å². The largest absolute Gasteiger partial charge is 0.354 e. The van der Waals surface area contributed by atoms with Crippen LogP contribution in [-0.4, -0.2) is 42.4 Å². The summed E-state index contributed by atoms with van der Waals surface area (Å²) in [6.45, 7) is 1.32. The molecule has 5 nitrogen and oxygen atoms in total. The number of nitrogens with two attached hydrogens (primary N) is 1. The number of hydrogen-bond donors (Lipinski definition) is 2. The standard InChI is InChI=1S/C16H21BrFN3O2/c17-12-7-11(8-13(18)9-12)16(23)21-6-2-1-3-14(21)10-20-15(22)4-5-19/h7-9,14H,1-6,10,19H2,(H,20,22). The minimum atomic E-state index is -0.451. The van der Waals surface area contributed by atoms with Crippen LogP contribution in [0.4, 0.5) is 4.39 Å². The third kappa shape index (κ3) is 5.00. The Bertz CT molecular complexity index is 562. The number of carbonyl (C=O) groups excluding carboxylic acids is 2. The van der Waals surface area contributed by atoms with Gasteiger partial charge in [0.2, 0.25) is 5.91 Å². The molecule has 1 aromatic rings. The minimum Gasteiger partial charge on any atom is -0.354 e. The van der Waals surface area contributed by atoms with Gasteiger partial charge in [0.05, 0.1) is 0 Å². The highest BCUT2D eigenvalue weighted by atomic mass is 79.9. The summed E-state index contributed by atoms with van der Waals surface area (Å²) in [5.74, 6) is -0.769. The molecule has 1 aromatic carbocycles. The van der Waals surface area contributed by atoms with Crippen molar-refractivity contribution in [3.05, 3.63) is 34.1 Å². The number of nitrogens with zero attached hydrogens (tertiary/aromatic N) is 1. The number of likely N-dealkylation sites (tertiary alicyclic amines) is 1. The van der Waals surface area contributed by atoms with E-state index in [0.29, 0.717) is 29.7 Å². The molecule has 0 radical (unpaired) electrons. The molecule has 7 heteroatoms. The molecule has 3 N–H and O–H groups in total. The number of nitrogens with one attached hydrogen (secondary N) is 1. The van der Waals surface area contributed by atoms with Crippen LogP contribution in [0.15, 0.2) is 22.7 Å². The first-order valence-electron chi connectivity index (χ1n) is 7.75. The summed E-state index contributed by atoms with van der Waals surface area (Å²) in [7, 11) is 0. The van der Waals surface area contributed by atoms with Gasteiger partial charge in [-0.3, -0.25) is 9.59 Å². The molecule has 0 aliphatic carbocycles. The Morgan fingerprint density at radius 3 is 2.83 bits per heavy atom. The molecule has 1 aliphatic heterocycles. The van der Waals surface area contributed by atoms with E-state index in [9.17, 15) is 14.0 Å². The summed E-state index contributed by atoms with van der Waals surface area (Å²) in [6.07, 6.45) is 3.02. The lowest BCUT2D eigenvalue weighted by molar-refractivity contribution is -0.121. The van der Waals surface area contributed by atoms with Crippen molar-refractivity contribution in [2.75, 3.05) is 19.6 Å². The molecule has 1 atom stereocenters. The Hall–Kier alpha value is -1.47. The maximum absolute atomic E-state index is 13.5. The van der Waals surface area contributed by atoms with E-state index in [1.54, 1.807) is 11.0 Å². The van der Waals surface area contributed by atoms with E-state index >= 15 is 0 Å². The van der Waals surface area contributed by atoms with Crippen molar-refractivity contribution in [2.45, 2.75) is 31.7 Å². The molecule has 0 aromatic heterocycles. The van der Waals surface area contributed by atoms with Crippen LogP contribution in [0.2, 0.25) is 0 Å². The van der Waals surface area contributed by atoms with Gasteiger partial charge in [0.25, 0.3) is 5.91 Å². The first-order valence-corrected chi connectivity index (χ1v) is 8.54. The Labute approximate surface area is 143 Å². The van der Waals surface area contributed by atoms with Gasteiger partial charge in [-0.25, -0.2) is 4.39 Å². The molecule has 1 aliphatic rings. The molecule has 2 rings (SSSR count). The predicted octanol–water partition coefficient (Wildman–Crippen LogP) is 2.05. The van der Waals surface area contributed by atoms with Crippen molar-refractivity contribution in [3.8, 4) is 0 Å². The van der Waals surface area contributed by atoms with Crippen LogP contribution in [-0.2, 0) is 4.79 Å². The normalized spacial score (nSPS) is 17.9. The van der Waals surface area contributed by atoms with Crippen molar-refractivity contribution < 1.29 is 14.0 Å². The lowest BCUT2D eigenvalue weighted by Crippen LogP contribution is -2.49. The van der Waals surface area contributed by atoms with E-state index in [1.807, 2.05) is 0 Å². The second kappa shape index (κ2) is 8.40. The molecular formula is C16H21BrFN3O2. The van der Waals surface area contributed by atoms with Gasteiger partial charge in [0.1, 0.15) is 5.82 Å². The van der Waals surface area contributed by atoms with Gasteiger partial charge in [-0.2, -0.15) is 0 Å².